The number of aryl methyl sites for hydroxylation is 3. The zero-order valence-corrected chi connectivity index (χ0v) is 37.8. The van der Waals surface area contributed by atoms with Gasteiger partial charge in [0.1, 0.15) is 11.5 Å². The Hall–Kier alpha value is -3.53. The molecule has 54 heavy (non-hydrogen) atoms. The van der Waals surface area contributed by atoms with Crippen molar-refractivity contribution in [3.8, 4) is 22.4 Å². The maximum Gasteiger partial charge on any atom is 0.219 e. The third-order valence-electron chi connectivity index (χ3n) is 11.6. The van der Waals surface area contributed by atoms with Crippen molar-refractivity contribution in [1.29, 1.82) is 0 Å². The first-order chi connectivity index (χ1) is 24.8. The number of allylic oxidation sites excluding steroid dienone is 2. The van der Waals surface area contributed by atoms with Gasteiger partial charge in [-0.2, -0.15) is 0 Å². The molecule has 0 saturated heterocycles. The van der Waals surface area contributed by atoms with E-state index in [1.165, 1.54) is 44.8 Å². The van der Waals surface area contributed by atoms with Crippen molar-refractivity contribution < 1.29 is 34.4 Å². The van der Waals surface area contributed by atoms with E-state index in [9.17, 15) is 9.90 Å². The molecule has 0 aliphatic rings. The minimum atomic E-state index is -0.337. The van der Waals surface area contributed by atoms with E-state index in [0.717, 1.165) is 59.9 Å². The van der Waals surface area contributed by atoms with Gasteiger partial charge < -0.3 is 9.52 Å². The molecule has 1 N–H and O–H groups in total. The van der Waals surface area contributed by atoms with Crippen LogP contribution >= 0.6 is 0 Å². The number of carbonyl (C=O) groups is 1. The molecule has 0 amide bonds. The summed E-state index contributed by atoms with van der Waals surface area (Å²) in [4.78, 5) is 17.2. The average Bonchev–Trinajstić information content (AvgIpc) is 3.49. The topological polar surface area (TPSA) is 63.3 Å². The van der Waals surface area contributed by atoms with Crippen LogP contribution in [0, 0.1) is 43.6 Å². The van der Waals surface area contributed by atoms with Crippen LogP contribution in [-0.2, 0) is 36.7 Å². The van der Waals surface area contributed by atoms with Crippen LogP contribution in [0.5, 0.6) is 0 Å². The number of benzene rings is 3. The number of aliphatic hydroxyl groups excluding tert-OH is 1. The Labute approximate surface area is 339 Å². The van der Waals surface area contributed by atoms with Gasteiger partial charge >= 0.3 is 0 Å². The van der Waals surface area contributed by atoms with E-state index in [0.29, 0.717) is 11.6 Å². The fraction of sp³-hybridized carbons (Fsp3) is 0.469. The van der Waals surface area contributed by atoms with Gasteiger partial charge in [-0.25, -0.2) is 0 Å². The van der Waals surface area contributed by atoms with E-state index in [1.54, 1.807) is 0 Å². The van der Waals surface area contributed by atoms with E-state index in [-0.39, 0.29) is 47.9 Å². The van der Waals surface area contributed by atoms with Crippen molar-refractivity contribution in [2.45, 2.75) is 134 Å². The summed E-state index contributed by atoms with van der Waals surface area (Å²) in [6.45, 7) is 29.9. The predicted octanol–water partition coefficient (Wildman–Crippen LogP) is 14.2. The molecule has 1 radical (unpaired) electrons. The summed E-state index contributed by atoms with van der Waals surface area (Å²) in [6.07, 6.45) is 5.84. The largest absolute Gasteiger partial charge is 0.512 e. The van der Waals surface area contributed by atoms with Gasteiger partial charge in [-0.3, -0.25) is 9.78 Å². The molecule has 5 aromatic rings. The summed E-state index contributed by atoms with van der Waals surface area (Å²) in [5, 5.41) is 13.6. The SMILES string of the molecule is CCC(C)(CC)C(=O)/C=C(\O)C(C)(CC)CC.Cc1cc2c(-c3c(C)cc(CC(C)C)cc3C)cc(-c3[c-]c4ccccc4c(C(C)(C)C)c3)nc2o1.[Ir]. The van der Waals surface area contributed by atoms with Crippen molar-refractivity contribution in [3.05, 3.63) is 101 Å². The Kier molecular flexibility index (Phi) is 14.9. The van der Waals surface area contributed by atoms with Crippen molar-refractivity contribution in [3.63, 3.8) is 0 Å². The van der Waals surface area contributed by atoms with Gasteiger partial charge in [0.25, 0.3) is 0 Å². The minimum Gasteiger partial charge on any atom is -0.512 e. The van der Waals surface area contributed by atoms with Gasteiger partial charge in [0.15, 0.2) is 5.78 Å². The molecule has 0 bridgehead atoms. The molecule has 2 aromatic heterocycles. The number of carbonyl (C=O) groups excluding carboxylic acids is 1. The minimum absolute atomic E-state index is 0. The molecular weight excluding hydrogens is 843 g/mol. The predicted molar refractivity (Wildman–Crippen MR) is 226 cm³/mol. The molecule has 0 atom stereocenters. The van der Waals surface area contributed by atoms with Crippen molar-refractivity contribution in [2.75, 3.05) is 0 Å². The number of hydrogen-bond acceptors (Lipinski definition) is 4. The number of fused-ring (bicyclic) bond motifs is 2. The third-order valence-corrected chi connectivity index (χ3v) is 11.6. The number of furan rings is 1. The van der Waals surface area contributed by atoms with E-state index in [2.05, 4.69) is 109 Å². The van der Waals surface area contributed by atoms with Crippen LogP contribution in [0.2, 0.25) is 0 Å². The molecule has 0 saturated carbocycles. The normalized spacial score (nSPS) is 12.5. The summed E-state index contributed by atoms with van der Waals surface area (Å²) < 4.78 is 6.11. The van der Waals surface area contributed by atoms with Crippen LogP contribution in [0.3, 0.4) is 0 Å². The molecule has 0 unspecified atom stereocenters. The van der Waals surface area contributed by atoms with Crippen molar-refractivity contribution in [2.24, 2.45) is 16.7 Å². The number of nitrogens with zero attached hydrogens (tertiary/aromatic N) is 1. The smallest absolute Gasteiger partial charge is 0.219 e. The molecule has 0 spiro atoms. The van der Waals surface area contributed by atoms with Gasteiger partial charge in [-0.05, 0) is 98.1 Å². The fourth-order valence-electron chi connectivity index (χ4n) is 7.22. The van der Waals surface area contributed by atoms with E-state index >= 15 is 0 Å². The summed E-state index contributed by atoms with van der Waals surface area (Å²) in [6, 6.07) is 23.5. The molecule has 5 rings (SSSR count). The van der Waals surface area contributed by atoms with Gasteiger partial charge in [-0.15, -0.1) is 29.1 Å². The first-order valence-electron chi connectivity index (χ1n) is 19.7. The van der Waals surface area contributed by atoms with Crippen LogP contribution in [0.1, 0.15) is 130 Å². The van der Waals surface area contributed by atoms with Crippen LogP contribution < -0.4 is 0 Å². The standard InChI is InChI=1S/C34H36NO.C15H28O2.Ir/c1-20(2)13-24-14-21(3)32(22(4)15-24)28-19-31(35-33-29(28)16-23(5)36-33)26-17-25-11-9-10-12-27(25)30(18-26)34(6,7)8;1-7-14(5,8-2)12(16)11-13(17)15(6,9-3)10-4;/h9-12,14-16,18-20H,13H2,1-8H3;11,16H,7-10H2,1-6H3;/q-1;;/b;12-11-;. The molecule has 3 aromatic carbocycles. The average molecular weight is 907 g/mol. The Balaban J connectivity index is 0.000000372. The van der Waals surface area contributed by atoms with E-state index in [4.69, 9.17) is 9.40 Å². The van der Waals surface area contributed by atoms with E-state index < -0.39 is 0 Å². The monoisotopic (exact) mass is 907 g/mol. The zero-order chi connectivity index (χ0) is 39.5. The number of aromatic nitrogens is 1. The molecule has 0 fully saturated rings. The van der Waals surface area contributed by atoms with Crippen molar-refractivity contribution in [1.82, 2.24) is 4.98 Å². The summed E-state index contributed by atoms with van der Waals surface area (Å²) in [5.74, 6) is 1.79. The first-order valence-corrected chi connectivity index (χ1v) is 19.7. The second-order valence-electron chi connectivity index (χ2n) is 17.2. The van der Waals surface area contributed by atoms with Crippen molar-refractivity contribution >= 4 is 27.7 Å². The molecule has 4 nitrogen and oxygen atoms in total. The number of pyridine rings is 1. The Morgan fingerprint density at radius 3 is 1.94 bits per heavy atom. The van der Waals surface area contributed by atoms with Crippen LogP contribution in [0.15, 0.2) is 70.8 Å². The van der Waals surface area contributed by atoms with Crippen LogP contribution in [-0.4, -0.2) is 15.9 Å². The fourth-order valence-corrected chi connectivity index (χ4v) is 7.22. The van der Waals surface area contributed by atoms with E-state index in [1.807, 2.05) is 48.5 Å². The van der Waals surface area contributed by atoms with Crippen LogP contribution in [0.25, 0.3) is 44.3 Å². The zero-order valence-electron chi connectivity index (χ0n) is 35.4. The maximum absolute atomic E-state index is 12.2. The first kappa shape index (κ1) is 44.9. The van der Waals surface area contributed by atoms with Gasteiger partial charge in [0.2, 0.25) is 5.71 Å². The second-order valence-corrected chi connectivity index (χ2v) is 17.2. The van der Waals surface area contributed by atoms with Gasteiger partial charge in [0.05, 0.1) is 0 Å². The Morgan fingerprint density at radius 1 is 0.833 bits per heavy atom. The molecule has 293 valence electrons. The van der Waals surface area contributed by atoms with Gasteiger partial charge in [0, 0.05) is 48.1 Å². The second kappa shape index (κ2) is 17.9. The number of rotatable bonds is 11. The Morgan fingerprint density at radius 2 is 1.41 bits per heavy atom. The number of aliphatic hydroxyl groups is 1. The Bertz CT molecular complexity index is 2080. The third kappa shape index (κ3) is 9.82. The summed E-state index contributed by atoms with van der Waals surface area (Å²) >= 11 is 0. The molecule has 0 aliphatic carbocycles. The maximum atomic E-state index is 12.2. The van der Waals surface area contributed by atoms with Gasteiger partial charge in [-0.1, -0.05) is 124 Å². The molecule has 2 heterocycles. The molecule has 5 heteroatoms. The quantitative estimate of drug-likeness (QED) is 0.0815. The summed E-state index contributed by atoms with van der Waals surface area (Å²) in [5.41, 5.74) is 9.71. The summed E-state index contributed by atoms with van der Waals surface area (Å²) in [7, 11) is 0. The number of hydrogen-bond donors (Lipinski definition) is 1. The molecular formula is C49H64IrNO3-. The van der Waals surface area contributed by atoms with Crippen LogP contribution in [0.4, 0.5) is 0 Å². The molecule has 0 aliphatic heterocycles. The number of ketones is 1.